The standard InChI is InChI=1S/C12H17N3O3/c13-10-7-15(4-1-11(10)16)8-12(17)14-9-2-5-18-6-3-9/h1,4,7,9H,2-3,5-6,8,13H2,(H,14,17). The highest BCUT2D eigenvalue weighted by molar-refractivity contribution is 5.76. The van der Waals surface area contributed by atoms with E-state index in [1.165, 1.54) is 12.3 Å². The summed E-state index contributed by atoms with van der Waals surface area (Å²) in [6, 6.07) is 1.54. The number of carbonyl (C=O) groups is 1. The number of amides is 1. The maximum absolute atomic E-state index is 11.8. The average Bonchev–Trinajstić information content (AvgIpc) is 2.35. The Kier molecular flexibility index (Phi) is 3.99. The van der Waals surface area contributed by atoms with Crippen molar-refractivity contribution in [1.29, 1.82) is 0 Å². The van der Waals surface area contributed by atoms with Crippen LogP contribution in [0.15, 0.2) is 23.3 Å². The summed E-state index contributed by atoms with van der Waals surface area (Å²) in [4.78, 5) is 22.9. The minimum absolute atomic E-state index is 0.0788. The number of nitrogens with zero attached hydrogens (tertiary/aromatic N) is 1. The molecule has 0 radical (unpaired) electrons. The van der Waals surface area contributed by atoms with Gasteiger partial charge in [0.25, 0.3) is 0 Å². The van der Waals surface area contributed by atoms with Crippen LogP contribution in [-0.4, -0.2) is 29.7 Å². The van der Waals surface area contributed by atoms with Crippen LogP contribution in [0.5, 0.6) is 0 Å². The van der Waals surface area contributed by atoms with E-state index in [0.717, 1.165) is 12.8 Å². The fourth-order valence-electron chi connectivity index (χ4n) is 1.92. The number of hydrogen-bond donors (Lipinski definition) is 2. The van der Waals surface area contributed by atoms with Crippen LogP contribution < -0.4 is 16.5 Å². The molecule has 1 saturated heterocycles. The number of nitrogens with two attached hydrogens (primary N) is 1. The topological polar surface area (TPSA) is 86.3 Å². The molecule has 1 aliphatic heterocycles. The van der Waals surface area contributed by atoms with Gasteiger partial charge < -0.3 is 20.4 Å². The van der Waals surface area contributed by atoms with E-state index >= 15 is 0 Å². The van der Waals surface area contributed by atoms with E-state index in [9.17, 15) is 9.59 Å². The predicted octanol–water partition coefficient (Wildman–Crippen LogP) is -0.274. The molecular formula is C12H17N3O3. The van der Waals surface area contributed by atoms with Gasteiger partial charge in [0.2, 0.25) is 11.3 Å². The summed E-state index contributed by atoms with van der Waals surface area (Å²) < 4.78 is 6.82. The zero-order valence-corrected chi connectivity index (χ0v) is 10.1. The number of nitrogens with one attached hydrogen (secondary N) is 1. The first-order valence-corrected chi connectivity index (χ1v) is 5.98. The molecule has 6 nitrogen and oxygen atoms in total. The van der Waals surface area contributed by atoms with Gasteiger partial charge in [-0.25, -0.2) is 0 Å². The maximum atomic E-state index is 11.8. The van der Waals surface area contributed by atoms with Crippen LogP contribution in [0.4, 0.5) is 5.69 Å². The Labute approximate surface area is 105 Å². The normalized spacial score (nSPS) is 16.4. The fourth-order valence-corrected chi connectivity index (χ4v) is 1.92. The van der Waals surface area contributed by atoms with Gasteiger partial charge in [-0.3, -0.25) is 9.59 Å². The fraction of sp³-hybridized carbons (Fsp3) is 0.500. The van der Waals surface area contributed by atoms with Crippen molar-refractivity contribution in [2.45, 2.75) is 25.4 Å². The molecule has 0 aromatic carbocycles. The van der Waals surface area contributed by atoms with E-state index in [0.29, 0.717) is 13.2 Å². The minimum Gasteiger partial charge on any atom is -0.394 e. The van der Waals surface area contributed by atoms with Gasteiger partial charge in [0.15, 0.2) is 0 Å². The molecule has 0 aliphatic carbocycles. The molecule has 0 bridgehead atoms. The first-order valence-electron chi connectivity index (χ1n) is 5.98. The molecule has 0 spiro atoms. The average molecular weight is 251 g/mol. The third kappa shape index (κ3) is 3.33. The van der Waals surface area contributed by atoms with E-state index in [1.54, 1.807) is 10.8 Å². The summed E-state index contributed by atoms with van der Waals surface area (Å²) >= 11 is 0. The lowest BCUT2D eigenvalue weighted by molar-refractivity contribution is -0.122. The van der Waals surface area contributed by atoms with E-state index in [1.807, 2.05) is 0 Å². The molecular weight excluding hydrogens is 234 g/mol. The minimum atomic E-state index is -0.226. The van der Waals surface area contributed by atoms with Gasteiger partial charge in [0.1, 0.15) is 6.54 Å². The molecule has 98 valence electrons. The van der Waals surface area contributed by atoms with Crippen molar-refractivity contribution in [2.24, 2.45) is 0 Å². The second-order valence-electron chi connectivity index (χ2n) is 4.39. The predicted molar refractivity (Wildman–Crippen MR) is 67.1 cm³/mol. The molecule has 3 N–H and O–H groups in total. The van der Waals surface area contributed by atoms with Gasteiger partial charge in [-0.05, 0) is 12.8 Å². The third-order valence-corrected chi connectivity index (χ3v) is 2.92. The number of ether oxygens (including phenoxy) is 1. The summed E-state index contributed by atoms with van der Waals surface area (Å²) in [7, 11) is 0. The smallest absolute Gasteiger partial charge is 0.240 e. The number of nitrogen functional groups attached to an aromatic ring is 1. The van der Waals surface area contributed by atoms with Gasteiger partial charge in [0, 0.05) is 37.7 Å². The first kappa shape index (κ1) is 12.6. The highest BCUT2D eigenvalue weighted by atomic mass is 16.5. The maximum Gasteiger partial charge on any atom is 0.240 e. The first-order chi connectivity index (χ1) is 8.65. The van der Waals surface area contributed by atoms with Crippen LogP contribution in [-0.2, 0) is 16.1 Å². The van der Waals surface area contributed by atoms with Gasteiger partial charge >= 0.3 is 0 Å². The van der Waals surface area contributed by atoms with Crippen molar-refractivity contribution in [3.05, 3.63) is 28.7 Å². The molecule has 1 amide bonds. The van der Waals surface area contributed by atoms with Gasteiger partial charge in [-0.2, -0.15) is 0 Å². The Balaban J connectivity index is 1.90. The van der Waals surface area contributed by atoms with Crippen molar-refractivity contribution >= 4 is 11.6 Å². The number of rotatable bonds is 3. The van der Waals surface area contributed by atoms with Gasteiger partial charge in [-0.15, -0.1) is 0 Å². The lowest BCUT2D eigenvalue weighted by atomic mass is 10.1. The molecule has 1 aromatic heterocycles. The summed E-state index contributed by atoms with van der Waals surface area (Å²) in [5, 5.41) is 2.94. The summed E-state index contributed by atoms with van der Waals surface area (Å²) in [6.07, 6.45) is 4.73. The zero-order valence-electron chi connectivity index (χ0n) is 10.1. The summed E-state index contributed by atoms with van der Waals surface area (Å²) in [5.41, 5.74) is 5.42. The number of anilines is 1. The number of pyridine rings is 1. The van der Waals surface area contributed by atoms with E-state index in [2.05, 4.69) is 5.32 Å². The second-order valence-corrected chi connectivity index (χ2v) is 4.39. The molecule has 2 heterocycles. The van der Waals surface area contributed by atoms with Crippen LogP contribution in [0.3, 0.4) is 0 Å². The molecule has 1 fully saturated rings. The Morgan fingerprint density at radius 2 is 2.22 bits per heavy atom. The Morgan fingerprint density at radius 3 is 2.89 bits per heavy atom. The lowest BCUT2D eigenvalue weighted by Gasteiger charge is -2.23. The van der Waals surface area contributed by atoms with Crippen molar-refractivity contribution in [3.63, 3.8) is 0 Å². The Hall–Kier alpha value is -1.82. The molecule has 0 unspecified atom stereocenters. The van der Waals surface area contributed by atoms with Crippen molar-refractivity contribution in [2.75, 3.05) is 18.9 Å². The molecule has 18 heavy (non-hydrogen) atoms. The monoisotopic (exact) mass is 251 g/mol. The van der Waals surface area contributed by atoms with Crippen LogP contribution in [0, 0.1) is 0 Å². The van der Waals surface area contributed by atoms with Crippen molar-refractivity contribution in [1.82, 2.24) is 9.88 Å². The zero-order chi connectivity index (χ0) is 13.0. The molecule has 1 aliphatic rings. The van der Waals surface area contributed by atoms with Crippen LogP contribution in [0.1, 0.15) is 12.8 Å². The van der Waals surface area contributed by atoms with E-state index < -0.39 is 0 Å². The van der Waals surface area contributed by atoms with Gasteiger partial charge in [0.05, 0.1) is 5.69 Å². The highest BCUT2D eigenvalue weighted by Gasteiger charge is 2.15. The van der Waals surface area contributed by atoms with Crippen LogP contribution in [0.2, 0.25) is 0 Å². The molecule has 0 atom stereocenters. The van der Waals surface area contributed by atoms with Crippen molar-refractivity contribution < 1.29 is 9.53 Å². The number of aromatic nitrogens is 1. The third-order valence-electron chi connectivity index (χ3n) is 2.92. The molecule has 6 heteroatoms. The van der Waals surface area contributed by atoms with E-state index in [4.69, 9.17) is 10.5 Å². The van der Waals surface area contributed by atoms with Crippen molar-refractivity contribution in [3.8, 4) is 0 Å². The van der Waals surface area contributed by atoms with Gasteiger partial charge in [-0.1, -0.05) is 0 Å². The second kappa shape index (κ2) is 5.68. The summed E-state index contributed by atoms with van der Waals surface area (Å²) in [5.74, 6) is -0.0788. The Morgan fingerprint density at radius 1 is 1.50 bits per heavy atom. The number of carbonyl (C=O) groups excluding carboxylic acids is 1. The lowest BCUT2D eigenvalue weighted by Crippen LogP contribution is -2.40. The highest BCUT2D eigenvalue weighted by Crippen LogP contribution is 2.06. The quantitative estimate of drug-likeness (QED) is 0.774. The van der Waals surface area contributed by atoms with E-state index in [-0.39, 0.29) is 29.6 Å². The SMILES string of the molecule is Nc1cn(CC(=O)NC2CCOCC2)ccc1=O. The number of hydrogen-bond acceptors (Lipinski definition) is 4. The van der Waals surface area contributed by atoms with Crippen LogP contribution in [0.25, 0.3) is 0 Å². The molecule has 2 rings (SSSR count). The summed E-state index contributed by atoms with van der Waals surface area (Å²) in [6.45, 7) is 1.55. The molecule has 1 aromatic rings. The van der Waals surface area contributed by atoms with Crippen LogP contribution >= 0.6 is 0 Å². The molecule has 0 saturated carbocycles. The Bertz CT molecular complexity index is 478. The largest absolute Gasteiger partial charge is 0.394 e.